The molecule has 7 heteroatoms. The molecule has 0 aromatic heterocycles. The summed E-state index contributed by atoms with van der Waals surface area (Å²) < 4.78 is 0.811. The van der Waals surface area contributed by atoms with Crippen LogP contribution >= 0.6 is 34.2 Å². The summed E-state index contributed by atoms with van der Waals surface area (Å²) in [6.45, 7) is 1.60. The molecule has 2 amide bonds. The maximum absolute atomic E-state index is 12.8. The Labute approximate surface area is 142 Å². The van der Waals surface area contributed by atoms with Crippen molar-refractivity contribution < 1.29 is 9.59 Å². The first-order valence-corrected chi connectivity index (χ1v) is 8.19. The minimum absolute atomic E-state index is 0.0287. The van der Waals surface area contributed by atoms with Crippen LogP contribution in [0.2, 0.25) is 5.02 Å². The number of hydrogen-bond acceptors (Lipinski definition) is 3. The summed E-state index contributed by atoms with van der Waals surface area (Å²) in [5, 5.41) is 3.75. The van der Waals surface area contributed by atoms with Crippen molar-refractivity contribution >= 4 is 46.0 Å². The number of primary amides is 1. The SMILES string of the molecule is NC(=O)CN(C(=O)c1cc(Cl)ccc1I)C1CCNCC1. The van der Waals surface area contributed by atoms with E-state index < -0.39 is 5.91 Å². The molecule has 0 atom stereocenters. The van der Waals surface area contributed by atoms with Crippen molar-refractivity contribution in [2.24, 2.45) is 5.73 Å². The van der Waals surface area contributed by atoms with Gasteiger partial charge < -0.3 is 16.0 Å². The third-order valence-electron chi connectivity index (χ3n) is 3.50. The van der Waals surface area contributed by atoms with Crippen LogP contribution in [-0.4, -0.2) is 42.4 Å². The van der Waals surface area contributed by atoms with Crippen molar-refractivity contribution in [1.29, 1.82) is 0 Å². The summed E-state index contributed by atoms with van der Waals surface area (Å²) in [6, 6.07) is 5.20. The Balaban J connectivity index is 2.28. The lowest BCUT2D eigenvalue weighted by molar-refractivity contribution is -0.119. The van der Waals surface area contributed by atoms with E-state index in [1.54, 1.807) is 23.1 Å². The van der Waals surface area contributed by atoms with E-state index in [0.717, 1.165) is 29.5 Å². The summed E-state index contributed by atoms with van der Waals surface area (Å²) >= 11 is 8.08. The molecular formula is C14H17ClIN3O2. The van der Waals surface area contributed by atoms with Gasteiger partial charge in [0, 0.05) is 14.6 Å². The van der Waals surface area contributed by atoms with Gasteiger partial charge in [0.25, 0.3) is 5.91 Å². The fraction of sp³-hybridized carbons (Fsp3) is 0.429. The molecule has 1 aromatic rings. The third-order valence-corrected chi connectivity index (χ3v) is 4.67. The lowest BCUT2D eigenvalue weighted by atomic mass is 10.0. The van der Waals surface area contributed by atoms with Crippen LogP contribution in [0.3, 0.4) is 0 Å². The van der Waals surface area contributed by atoms with Crippen molar-refractivity contribution in [3.63, 3.8) is 0 Å². The highest BCUT2D eigenvalue weighted by Crippen LogP contribution is 2.22. The highest BCUT2D eigenvalue weighted by atomic mass is 127. The minimum atomic E-state index is -0.501. The lowest BCUT2D eigenvalue weighted by Gasteiger charge is -2.34. The van der Waals surface area contributed by atoms with Gasteiger partial charge in [-0.2, -0.15) is 0 Å². The molecule has 1 fully saturated rings. The van der Waals surface area contributed by atoms with Crippen LogP contribution in [-0.2, 0) is 4.79 Å². The number of nitrogens with one attached hydrogen (secondary N) is 1. The maximum Gasteiger partial charge on any atom is 0.255 e. The van der Waals surface area contributed by atoms with Gasteiger partial charge in [0.1, 0.15) is 0 Å². The zero-order chi connectivity index (χ0) is 15.4. The summed E-state index contributed by atoms with van der Waals surface area (Å²) in [6.07, 6.45) is 1.63. The Morgan fingerprint density at radius 1 is 1.38 bits per heavy atom. The highest BCUT2D eigenvalue weighted by Gasteiger charge is 2.28. The number of carbonyl (C=O) groups is 2. The van der Waals surface area contributed by atoms with E-state index in [4.69, 9.17) is 17.3 Å². The van der Waals surface area contributed by atoms with E-state index in [2.05, 4.69) is 27.9 Å². The molecule has 0 radical (unpaired) electrons. The maximum atomic E-state index is 12.8. The van der Waals surface area contributed by atoms with Gasteiger partial charge in [-0.15, -0.1) is 0 Å². The van der Waals surface area contributed by atoms with Gasteiger partial charge >= 0.3 is 0 Å². The Morgan fingerprint density at radius 2 is 2.05 bits per heavy atom. The molecular weight excluding hydrogens is 405 g/mol. The Hall–Kier alpha value is -0.860. The first kappa shape index (κ1) is 16.5. The topological polar surface area (TPSA) is 75.4 Å². The molecule has 1 heterocycles. The third kappa shape index (κ3) is 4.31. The molecule has 1 saturated heterocycles. The van der Waals surface area contributed by atoms with Crippen LogP contribution in [0.1, 0.15) is 23.2 Å². The van der Waals surface area contributed by atoms with Gasteiger partial charge in [-0.3, -0.25) is 9.59 Å². The summed E-state index contributed by atoms with van der Waals surface area (Å²) in [5.41, 5.74) is 5.82. The van der Waals surface area contributed by atoms with E-state index in [1.165, 1.54) is 0 Å². The van der Waals surface area contributed by atoms with Gasteiger partial charge in [-0.25, -0.2) is 0 Å². The molecule has 1 aliphatic heterocycles. The number of halogens is 2. The summed E-state index contributed by atoms with van der Waals surface area (Å²) in [7, 11) is 0. The predicted molar refractivity (Wildman–Crippen MR) is 90.3 cm³/mol. The first-order valence-electron chi connectivity index (χ1n) is 6.74. The molecule has 0 bridgehead atoms. The average molecular weight is 422 g/mol. The van der Waals surface area contributed by atoms with Crippen LogP contribution in [0.5, 0.6) is 0 Å². The zero-order valence-corrected chi connectivity index (χ0v) is 14.4. The van der Waals surface area contributed by atoms with Crippen LogP contribution in [0, 0.1) is 3.57 Å². The smallest absolute Gasteiger partial charge is 0.255 e. The Morgan fingerprint density at radius 3 is 2.67 bits per heavy atom. The summed E-state index contributed by atoms with van der Waals surface area (Å²) in [4.78, 5) is 25.7. The van der Waals surface area contributed by atoms with Crippen LogP contribution in [0.4, 0.5) is 0 Å². The number of amides is 2. The van der Waals surface area contributed by atoms with E-state index in [1.807, 2.05) is 0 Å². The lowest BCUT2D eigenvalue weighted by Crippen LogP contribution is -2.49. The number of nitrogens with two attached hydrogens (primary N) is 1. The van der Waals surface area contributed by atoms with Gasteiger partial charge in [-0.05, 0) is 66.7 Å². The number of rotatable bonds is 4. The normalized spacial score (nSPS) is 15.7. The molecule has 1 aliphatic rings. The van der Waals surface area contributed by atoms with Crippen LogP contribution in [0.25, 0.3) is 0 Å². The second-order valence-electron chi connectivity index (χ2n) is 5.00. The largest absolute Gasteiger partial charge is 0.368 e. The first-order chi connectivity index (χ1) is 9.99. The molecule has 3 N–H and O–H groups in total. The zero-order valence-electron chi connectivity index (χ0n) is 11.4. The molecule has 21 heavy (non-hydrogen) atoms. The average Bonchev–Trinajstić information content (AvgIpc) is 2.47. The molecule has 0 saturated carbocycles. The van der Waals surface area contributed by atoms with E-state index in [0.29, 0.717) is 10.6 Å². The van der Waals surface area contributed by atoms with E-state index in [-0.39, 0.29) is 18.5 Å². The number of nitrogens with zero attached hydrogens (tertiary/aromatic N) is 1. The van der Waals surface area contributed by atoms with Crippen LogP contribution in [0.15, 0.2) is 18.2 Å². The van der Waals surface area contributed by atoms with E-state index >= 15 is 0 Å². The van der Waals surface area contributed by atoms with E-state index in [9.17, 15) is 9.59 Å². The molecule has 0 spiro atoms. The van der Waals surface area contributed by atoms with Gasteiger partial charge in [-0.1, -0.05) is 11.6 Å². The Bertz CT molecular complexity index is 547. The number of piperidine rings is 1. The quantitative estimate of drug-likeness (QED) is 0.726. The standard InChI is InChI=1S/C14H17ClIN3O2/c15-9-1-2-12(16)11(7-9)14(21)19(8-13(17)20)10-3-5-18-6-4-10/h1-2,7,10,18H,3-6,8H2,(H2,17,20). The van der Waals surface area contributed by atoms with Gasteiger partial charge in [0.2, 0.25) is 5.91 Å². The fourth-order valence-electron chi connectivity index (χ4n) is 2.47. The molecule has 2 rings (SSSR count). The van der Waals surface area contributed by atoms with Gasteiger partial charge in [0.05, 0.1) is 12.1 Å². The minimum Gasteiger partial charge on any atom is -0.368 e. The van der Waals surface area contributed by atoms with Gasteiger partial charge in [0.15, 0.2) is 0 Å². The number of carbonyl (C=O) groups excluding carboxylic acids is 2. The molecule has 0 aliphatic carbocycles. The van der Waals surface area contributed by atoms with Crippen molar-refractivity contribution in [2.45, 2.75) is 18.9 Å². The van der Waals surface area contributed by atoms with Crippen molar-refractivity contribution in [3.05, 3.63) is 32.4 Å². The fourth-order valence-corrected chi connectivity index (χ4v) is 3.21. The second kappa shape index (κ2) is 7.42. The van der Waals surface area contributed by atoms with Crippen LogP contribution < -0.4 is 11.1 Å². The monoisotopic (exact) mass is 421 g/mol. The molecule has 114 valence electrons. The molecule has 5 nitrogen and oxygen atoms in total. The van der Waals surface area contributed by atoms with Crippen molar-refractivity contribution in [1.82, 2.24) is 10.2 Å². The van der Waals surface area contributed by atoms with Crippen molar-refractivity contribution in [2.75, 3.05) is 19.6 Å². The second-order valence-corrected chi connectivity index (χ2v) is 6.60. The number of benzene rings is 1. The highest BCUT2D eigenvalue weighted by molar-refractivity contribution is 14.1. The predicted octanol–water partition coefficient (Wildman–Crippen LogP) is 1.62. The van der Waals surface area contributed by atoms with Crippen molar-refractivity contribution in [3.8, 4) is 0 Å². The number of hydrogen-bond donors (Lipinski definition) is 2. The summed E-state index contributed by atoms with van der Waals surface area (Å²) in [5.74, 6) is -0.688. The molecule has 0 unspecified atom stereocenters. The Kier molecular flexibility index (Phi) is 5.83. The molecule has 1 aromatic carbocycles.